The molecular weight excluding hydrogens is 262 g/mol. The zero-order chi connectivity index (χ0) is 13.7. The molecule has 1 atom stereocenters. The van der Waals surface area contributed by atoms with Crippen molar-refractivity contribution in [3.8, 4) is 5.75 Å². The van der Waals surface area contributed by atoms with Gasteiger partial charge in [0, 0.05) is 13.1 Å². The molecule has 0 saturated carbocycles. The van der Waals surface area contributed by atoms with Crippen molar-refractivity contribution in [3.63, 3.8) is 0 Å². The second kappa shape index (κ2) is 6.92. The van der Waals surface area contributed by atoms with Crippen LogP contribution in [-0.4, -0.2) is 29.5 Å². The topological polar surface area (TPSA) is 29.5 Å². The molecule has 1 unspecified atom stereocenters. The van der Waals surface area contributed by atoms with Gasteiger partial charge < -0.3 is 4.74 Å². The summed E-state index contributed by atoms with van der Waals surface area (Å²) in [6.07, 6.45) is 4.98. The molecule has 0 aromatic heterocycles. The van der Waals surface area contributed by atoms with E-state index in [4.69, 9.17) is 16.3 Å². The van der Waals surface area contributed by atoms with Crippen molar-refractivity contribution >= 4 is 16.8 Å². The zero-order valence-corrected chi connectivity index (χ0v) is 12.0. The smallest absolute Gasteiger partial charge is 0.256 e. The number of halogens is 1. The lowest BCUT2D eigenvalue weighted by atomic mass is 10.2. The number of rotatable bonds is 4. The number of carbonyl (C=O) groups is 1. The quantitative estimate of drug-likeness (QED) is 0.789. The fraction of sp³-hybridized carbons (Fsp3) is 0.533. The van der Waals surface area contributed by atoms with Crippen molar-refractivity contribution in [2.24, 2.45) is 0 Å². The van der Waals surface area contributed by atoms with Gasteiger partial charge in [0.1, 0.15) is 12.0 Å². The van der Waals surface area contributed by atoms with Crippen LogP contribution in [0.1, 0.15) is 43.0 Å². The first-order valence-corrected chi connectivity index (χ1v) is 7.26. The van der Waals surface area contributed by atoms with E-state index in [1.165, 1.54) is 25.7 Å². The molecule has 3 nitrogen and oxygen atoms in total. The van der Waals surface area contributed by atoms with Gasteiger partial charge in [0.15, 0.2) is 0 Å². The highest BCUT2D eigenvalue weighted by atomic mass is 35.5. The molecule has 19 heavy (non-hydrogen) atoms. The molecule has 0 N–H and O–H groups in total. The zero-order valence-electron chi connectivity index (χ0n) is 11.3. The Bertz CT molecular complexity index is 428. The summed E-state index contributed by atoms with van der Waals surface area (Å²) in [4.78, 5) is 13.7. The Balaban J connectivity index is 2.05. The maximum Gasteiger partial charge on any atom is 0.256 e. The molecule has 0 bridgehead atoms. The molecule has 0 amide bonds. The molecule has 0 aliphatic carbocycles. The fourth-order valence-electron chi connectivity index (χ4n) is 2.45. The molecule has 1 fully saturated rings. The molecule has 0 spiro atoms. The minimum Gasteiger partial charge on any atom is -0.475 e. The maximum atomic E-state index is 11.4. The second-order valence-corrected chi connectivity index (χ2v) is 5.28. The highest BCUT2D eigenvalue weighted by Gasteiger charge is 2.19. The molecule has 1 heterocycles. The van der Waals surface area contributed by atoms with Crippen LogP contribution in [0, 0.1) is 0 Å². The van der Waals surface area contributed by atoms with Gasteiger partial charge in [-0.3, -0.25) is 9.69 Å². The summed E-state index contributed by atoms with van der Waals surface area (Å²) < 4.78 is 5.92. The molecule has 1 aliphatic rings. The number of likely N-dealkylation sites (tertiary alicyclic amines) is 1. The third-order valence-corrected chi connectivity index (χ3v) is 3.75. The summed E-state index contributed by atoms with van der Waals surface area (Å²) in [5.41, 5.74) is 0.436. The van der Waals surface area contributed by atoms with Crippen LogP contribution in [-0.2, 0) is 0 Å². The highest BCUT2D eigenvalue weighted by Crippen LogP contribution is 2.23. The molecule has 1 aromatic carbocycles. The van der Waals surface area contributed by atoms with Gasteiger partial charge in [-0.05, 0) is 43.5 Å². The summed E-state index contributed by atoms with van der Waals surface area (Å²) in [5.74, 6) is 0.569. The van der Waals surface area contributed by atoms with Gasteiger partial charge in [0.05, 0.1) is 5.56 Å². The van der Waals surface area contributed by atoms with Gasteiger partial charge in [-0.15, -0.1) is 0 Å². The van der Waals surface area contributed by atoms with Crippen molar-refractivity contribution in [2.75, 3.05) is 13.1 Å². The minimum absolute atomic E-state index is 0.0322. The molecule has 104 valence electrons. The van der Waals surface area contributed by atoms with Crippen LogP contribution in [0.15, 0.2) is 24.3 Å². The van der Waals surface area contributed by atoms with Crippen LogP contribution < -0.4 is 4.74 Å². The number of hydrogen-bond acceptors (Lipinski definition) is 3. The number of para-hydroxylation sites is 1. The van der Waals surface area contributed by atoms with Gasteiger partial charge in [-0.1, -0.05) is 25.0 Å². The molecule has 2 rings (SSSR count). The Morgan fingerprint density at radius 3 is 2.47 bits per heavy atom. The van der Waals surface area contributed by atoms with Crippen molar-refractivity contribution < 1.29 is 9.53 Å². The summed E-state index contributed by atoms with van der Waals surface area (Å²) in [7, 11) is 0. The van der Waals surface area contributed by atoms with E-state index >= 15 is 0 Å². The Labute approximate surface area is 119 Å². The van der Waals surface area contributed by atoms with E-state index in [0.29, 0.717) is 11.3 Å². The van der Waals surface area contributed by atoms with Crippen molar-refractivity contribution in [1.82, 2.24) is 4.90 Å². The number of ether oxygens (including phenoxy) is 1. The molecule has 0 radical (unpaired) electrons. The van der Waals surface area contributed by atoms with Crippen molar-refractivity contribution in [2.45, 2.75) is 38.8 Å². The molecule has 1 aromatic rings. The first-order valence-electron chi connectivity index (χ1n) is 6.88. The largest absolute Gasteiger partial charge is 0.475 e. The number of carbonyl (C=O) groups excluding carboxylic acids is 1. The second-order valence-electron chi connectivity index (χ2n) is 4.94. The average Bonchev–Trinajstić information content (AvgIpc) is 2.68. The lowest BCUT2D eigenvalue weighted by Gasteiger charge is -2.28. The van der Waals surface area contributed by atoms with Crippen LogP contribution in [0.4, 0.5) is 0 Å². The van der Waals surface area contributed by atoms with Crippen LogP contribution in [0.2, 0.25) is 0 Å². The minimum atomic E-state index is -0.473. The predicted molar refractivity (Wildman–Crippen MR) is 76.8 cm³/mol. The van der Waals surface area contributed by atoms with Gasteiger partial charge >= 0.3 is 0 Å². The Morgan fingerprint density at radius 1 is 1.21 bits per heavy atom. The Morgan fingerprint density at radius 2 is 1.84 bits per heavy atom. The third kappa shape index (κ3) is 3.95. The van der Waals surface area contributed by atoms with Crippen LogP contribution in [0.3, 0.4) is 0 Å². The standard InChI is InChI=1S/C15H20ClNO2/c1-12(17-10-6-2-3-7-11-17)19-14-9-5-4-8-13(14)15(16)18/h4-5,8-9,12H,2-3,6-7,10-11H2,1H3. The Kier molecular flexibility index (Phi) is 5.23. The van der Waals surface area contributed by atoms with Crippen LogP contribution in [0.25, 0.3) is 0 Å². The van der Waals surface area contributed by atoms with Gasteiger partial charge in [0.2, 0.25) is 0 Å². The third-order valence-electron chi connectivity index (χ3n) is 3.55. The molecule has 4 heteroatoms. The van der Waals surface area contributed by atoms with E-state index in [1.54, 1.807) is 18.2 Å². The number of hydrogen-bond donors (Lipinski definition) is 0. The van der Waals surface area contributed by atoms with Gasteiger partial charge in [-0.2, -0.15) is 0 Å². The molecule has 1 aliphatic heterocycles. The first-order chi connectivity index (χ1) is 9.18. The highest BCUT2D eigenvalue weighted by molar-refractivity contribution is 6.68. The van der Waals surface area contributed by atoms with Crippen LogP contribution in [0.5, 0.6) is 5.75 Å². The maximum absolute atomic E-state index is 11.4. The van der Waals surface area contributed by atoms with E-state index in [1.807, 2.05) is 13.0 Å². The molecular formula is C15H20ClNO2. The normalized spacial score (nSPS) is 18.6. The summed E-state index contributed by atoms with van der Waals surface area (Å²) in [6, 6.07) is 7.14. The van der Waals surface area contributed by atoms with E-state index < -0.39 is 5.24 Å². The SMILES string of the molecule is CC(Oc1ccccc1C(=O)Cl)N1CCCCCC1. The fourth-order valence-corrected chi connectivity index (χ4v) is 2.60. The number of nitrogens with zero attached hydrogens (tertiary/aromatic N) is 1. The number of benzene rings is 1. The summed E-state index contributed by atoms with van der Waals surface area (Å²) in [6.45, 7) is 4.14. The van der Waals surface area contributed by atoms with E-state index in [9.17, 15) is 4.79 Å². The van der Waals surface area contributed by atoms with E-state index in [-0.39, 0.29) is 6.23 Å². The van der Waals surface area contributed by atoms with Crippen LogP contribution >= 0.6 is 11.6 Å². The summed E-state index contributed by atoms with van der Waals surface area (Å²) in [5, 5.41) is -0.473. The monoisotopic (exact) mass is 281 g/mol. The van der Waals surface area contributed by atoms with Gasteiger partial charge in [0.25, 0.3) is 5.24 Å². The Hall–Kier alpha value is -1.06. The average molecular weight is 282 g/mol. The van der Waals surface area contributed by atoms with Gasteiger partial charge in [-0.25, -0.2) is 0 Å². The lowest BCUT2D eigenvalue weighted by molar-refractivity contribution is 0.0418. The summed E-state index contributed by atoms with van der Waals surface area (Å²) >= 11 is 5.57. The predicted octanol–water partition coefficient (Wildman–Crippen LogP) is 3.67. The molecule has 1 saturated heterocycles. The van der Waals surface area contributed by atoms with E-state index in [0.717, 1.165) is 13.1 Å². The first kappa shape index (κ1) is 14.4. The van der Waals surface area contributed by atoms with Crippen molar-refractivity contribution in [3.05, 3.63) is 29.8 Å². The lowest BCUT2D eigenvalue weighted by Crippen LogP contribution is -2.38. The van der Waals surface area contributed by atoms with Crippen molar-refractivity contribution in [1.29, 1.82) is 0 Å². The van der Waals surface area contributed by atoms with E-state index in [2.05, 4.69) is 4.90 Å².